The molecule has 1 aliphatic rings. The Morgan fingerprint density at radius 2 is 2.20 bits per heavy atom. The molecule has 0 aromatic heterocycles. The molecule has 2 rings (SSSR count). The van der Waals surface area contributed by atoms with E-state index in [2.05, 4.69) is 0 Å². The molecule has 1 fully saturated rings. The number of methoxy groups -OCH3 is 1. The number of anilines is 1. The first-order valence-corrected chi connectivity index (χ1v) is 8.04. The standard InChI is InChI=1S/C12H15ClN2O4S/c1-19-12-9(13)3-2-4-10(12)15-6-8(5-11(15)16)7-20(14,17)18/h2-4,8H,5-7H2,1H3,(H2,14,17,18). The molecule has 8 heteroatoms. The number of nitrogens with zero attached hydrogens (tertiary/aromatic N) is 1. The number of nitrogens with two attached hydrogens (primary N) is 1. The van der Waals surface area contributed by atoms with Crippen molar-refractivity contribution in [2.75, 3.05) is 24.3 Å². The molecule has 1 atom stereocenters. The smallest absolute Gasteiger partial charge is 0.227 e. The minimum atomic E-state index is -3.60. The summed E-state index contributed by atoms with van der Waals surface area (Å²) in [6.07, 6.45) is 0.145. The highest BCUT2D eigenvalue weighted by Crippen LogP contribution is 2.38. The molecule has 1 heterocycles. The molecular formula is C12H15ClN2O4S. The highest BCUT2D eigenvalue weighted by Gasteiger charge is 2.34. The van der Waals surface area contributed by atoms with Crippen LogP contribution in [0.3, 0.4) is 0 Å². The molecule has 1 unspecified atom stereocenters. The van der Waals surface area contributed by atoms with E-state index in [4.69, 9.17) is 21.5 Å². The van der Waals surface area contributed by atoms with Gasteiger partial charge in [-0.15, -0.1) is 0 Å². The first kappa shape index (κ1) is 15.1. The van der Waals surface area contributed by atoms with Crippen LogP contribution in [0.2, 0.25) is 5.02 Å². The number of hydrogen-bond acceptors (Lipinski definition) is 4. The zero-order chi connectivity index (χ0) is 14.9. The number of rotatable bonds is 4. The number of ether oxygens (including phenoxy) is 1. The largest absolute Gasteiger partial charge is 0.493 e. The highest BCUT2D eigenvalue weighted by atomic mass is 35.5. The van der Waals surface area contributed by atoms with Crippen LogP contribution in [0, 0.1) is 5.92 Å². The van der Waals surface area contributed by atoms with Crippen molar-refractivity contribution in [3.8, 4) is 5.75 Å². The van der Waals surface area contributed by atoms with Gasteiger partial charge in [-0.2, -0.15) is 0 Å². The molecule has 6 nitrogen and oxygen atoms in total. The maximum atomic E-state index is 12.0. The molecule has 2 N–H and O–H groups in total. The van der Waals surface area contributed by atoms with Crippen molar-refractivity contribution in [2.45, 2.75) is 6.42 Å². The monoisotopic (exact) mass is 318 g/mol. The van der Waals surface area contributed by atoms with Gasteiger partial charge in [-0.1, -0.05) is 17.7 Å². The molecule has 110 valence electrons. The first-order chi connectivity index (χ1) is 9.31. The van der Waals surface area contributed by atoms with Crippen LogP contribution < -0.4 is 14.8 Å². The van der Waals surface area contributed by atoms with Gasteiger partial charge in [0, 0.05) is 18.9 Å². The summed E-state index contributed by atoms with van der Waals surface area (Å²) < 4.78 is 27.4. The number of primary sulfonamides is 1. The maximum absolute atomic E-state index is 12.0. The Hall–Kier alpha value is -1.31. The van der Waals surface area contributed by atoms with E-state index in [0.29, 0.717) is 16.5 Å². The topological polar surface area (TPSA) is 89.7 Å². The summed E-state index contributed by atoms with van der Waals surface area (Å²) in [5.41, 5.74) is 0.543. The second-order valence-electron chi connectivity index (χ2n) is 4.70. The lowest BCUT2D eigenvalue weighted by molar-refractivity contribution is -0.117. The fraction of sp³-hybridized carbons (Fsp3) is 0.417. The van der Waals surface area contributed by atoms with Crippen molar-refractivity contribution in [1.82, 2.24) is 0 Å². The molecular weight excluding hydrogens is 304 g/mol. The van der Waals surface area contributed by atoms with Gasteiger partial charge in [0.25, 0.3) is 0 Å². The Morgan fingerprint density at radius 3 is 2.80 bits per heavy atom. The predicted octanol–water partition coefficient (Wildman–Crippen LogP) is 0.990. The Kier molecular flexibility index (Phi) is 4.22. The number of para-hydroxylation sites is 1. The van der Waals surface area contributed by atoms with Crippen LogP contribution in [0.15, 0.2) is 18.2 Å². The Bertz CT molecular complexity index is 632. The van der Waals surface area contributed by atoms with Crippen molar-refractivity contribution < 1.29 is 17.9 Å². The third kappa shape index (κ3) is 3.23. The van der Waals surface area contributed by atoms with E-state index in [-0.39, 0.29) is 30.5 Å². The zero-order valence-corrected chi connectivity index (χ0v) is 12.4. The molecule has 0 radical (unpaired) electrons. The van der Waals surface area contributed by atoms with Crippen LogP contribution in [-0.2, 0) is 14.8 Å². The van der Waals surface area contributed by atoms with E-state index in [9.17, 15) is 13.2 Å². The number of sulfonamides is 1. The number of carbonyl (C=O) groups excluding carboxylic acids is 1. The van der Waals surface area contributed by atoms with Crippen LogP contribution in [0.5, 0.6) is 5.75 Å². The molecule has 1 aromatic carbocycles. The summed E-state index contributed by atoms with van der Waals surface area (Å²) in [6, 6.07) is 5.08. The Morgan fingerprint density at radius 1 is 1.50 bits per heavy atom. The van der Waals surface area contributed by atoms with Crippen molar-refractivity contribution >= 4 is 33.2 Å². The Balaban J connectivity index is 2.27. The molecule has 0 aliphatic carbocycles. The molecule has 0 saturated carbocycles. The maximum Gasteiger partial charge on any atom is 0.227 e. The molecule has 1 aromatic rings. The molecule has 20 heavy (non-hydrogen) atoms. The van der Waals surface area contributed by atoms with Crippen molar-refractivity contribution in [2.24, 2.45) is 11.1 Å². The fourth-order valence-corrected chi connectivity index (χ4v) is 3.49. The first-order valence-electron chi connectivity index (χ1n) is 5.95. The zero-order valence-electron chi connectivity index (χ0n) is 10.9. The van der Waals surface area contributed by atoms with Gasteiger partial charge in [-0.25, -0.2) is 13.6 Å². The Labute approximate surface area is 122 Å². The van der Waals surface area contributed by atoms with Crippen LogP contribution in [0.4, 0.5) is 5.69 Å². The minimum absolute atomic E-state index is 0.145. The number of halogens is 1. The normalized spacial score (nSPS) is 19.4. The van der Waals surface area contributed by atoms with Gasteiger partial charge >= 0.3 is 0 Å². The van der Waals surface area contributed by atoms with E-state index in [1.165, 1.54) is 12.0 Å². The van der Waals surface area contributed by atoms with E-state index >= 15 is 0 Å². The highest BCUT2D eigenvalue weighted by molar-refractivity contribution is 7.89. The number of amides is 1. The van der Waals surface area contributed by atoms with E-state index in [1.54, 1.807) is 18.2 Å². The van der Waals surface area contributed by atoms with E-state index in [1.807, 2.05) is 0 Å². The summed E-state index contributed by atoms with van der Waals surface area (Å²) >= 11 is 6.02. The van der Waals surface area contributed by atoms with E-state index < -0.39 is 10.0 Å². The summed E-state index contributed by atoms with van der Waals surface area (Å²) in [7, 11) is -2.13. The third-order valence-corrected chi connectivity index (χ3v) is 4.35. The lowest BCUT2D eigenvalue weighted by Gasteiger charge is -2.20. The van der Waals surface area contributed by atoms with Crippen LogP contribution >= 0.6 is 11.6 Å². The van der Waals surface area contributed by atoms with Gasteiger partial charge in [0.1, 0.15) is 0 Å². The van der Waals surface area contributed by atoms with Gasteiger partial charge in [0.2, 0.25) is 15.9 Å². The second-order valence-corrected chi connectivity index (χ2v) is 6.76. The molecule has 1 aliphatic heterocycles. The summed E-state index contributed by atoms with van der Waals surface area (Å²) in [5.74, 6) is -0.294. The molecule has 1 saturated heterocycles. The minimum Gasteiger partial charge on any atom is -0.493 e. The average Bonchev–Trinajstić information content (AvgIpc) is 2.67. The molecule has 0 spiro atoms. The van der Waals surface area contributed by atoms with Gasteiger partial charge in [0.15, 0.2) is 5.75 Å². The van der Waals surface area contributed by atoms with Crippen molar-refractivity contribution in [3.63, 3.8) is 0 Å². The van der Waals surface area contributed by atoms with Gasteiger partial charge in [-0.3, -0.25) is 4.79 Å². The number of benzene rings is 1. The number of carbonyl (C=O) groups is 1. The number of hydrogen-bond donors (Lipinski definition) is 1. The molecule has 1 amide bonds. The predicted molar refractivity (Wildman–Crippen MR) is 76.4 cm³/mol. The third-order valence-electron chi connectivity index (χ3n) is 3.11. The fourth-order valence-electron chi connectivity index (χ4n) is 2.37. The lowest BCUT2D eigenvalue weighted by atomic mass is 10.1. The molecule has 0 bridgehead atoms. The van der Waals surface area contributed by atoms with Crippen LogP contribution in [0.1, 0.15) is 6.42 Å². The van der Waals surface area contributed by atoms with Crippen LogP contribution in [-0.4, -0.2) is 33.7 Å². The van der Waals surface area contributed by atoms with E-state index in [0.717, 1.165) is 0 Å². The van der Waals surface area contributed by atoms with Gasteiger partial charge in [0.05, 0.1) is 23.6 Å². The second kappa shape index (κ2) is 5.59. The summed E-state index contributed by atoms with van der Waals surface area (Å²) in [5, 5.41) is 5.42. The SMILES string of the molecule is COc1c(Cl)cccc1N1CC(CS(N)(=O)=O)CC1=O. The quantitative estimate of drug-likeness (QED) is 0.896. The average molecular weight is 319 g/mol. The summed E-state index contributed by atoms with van der Waals surface area (Å²) in [6.45, 7) is 0.284. The van der Waals surface area contributed by atoms with Crippen molar-refractivity contribution in [3.05, 3.63) is 23.2 Å². The lowest BCUT2D eigenvalue weighted by Crippen LogP contribution is -2.27. The van der Waals surface area contributed by atoms with Gasteiger partial charge < -0.3 is 9.64 Å². The van der Waals surface area contributed by atoms with Crippen LogP contribution in [0.25, 0.3) is 0 Å². The van der Waals surface area contributed by atoms with Gasteiger partial charge in [-0.05, 0) is 12.1 Å². The summed E-state index contributed by atoms with van der Waals surface area (Å²) in [4.78, 5) is 13.5. The van der Waals surface area contributed by atoms with Crippen molar-refractivity contribution in [1.29, 1.82) is 0 Å².